The molecule has 6 nitrogen and oxygen atoms in total. The third-order valence-electron chi connectivity index (χ3n) is 1.29. The Kier molecular flexibility index (Phi) is 3.44. The number of H-pyrrole nitrogens is 1. The molecular formula is C7H9IN4O2. The number of aromatic amines is 1. The molecule has 1 rings (SSSR count). The van der Waals surface area contributed by atoms with Crippen LogP contribution in [0.15, 0.2) is 20.6 Å². The van der Waals surface area contributed by atoms with E-state index >= 15 is 0 Å². The van der Waals surface area contributed by atoms with E-state index in [0.29, 0.717) is 0 Å². The second-order valence-electron chi connectivity index (χ2n) is 2.79. The van der Waals surface area contributed by atoms with Crippen LogP contribution in [0.25, 0.3) is 0 Å². The van der Waals surface area contributed by atoms with Gasteiger partial charge in [0.2, 0.25) is 0 Å². The molecule has 0 aromatic carbocycles. The lowest BCUT2D eigenvalue weighted by molar-refractivity contribution is 0.643. The number of rotatable bonds is 2. The molecule has 0 saturated heterocycles. The van der Waals surface area contributed by atoms with Gasteiger partial charge in [-0.05, 0) is 0 Å². The van der Waals surface area contributed by atoms with Crippen molar-refractivity contribution in [3.05, 3.63) is 26.9 Å². The summed E-state index contributed by atoms with van der Waals surface area (Å²) < 4.78 is 0.951. The highest BCUT2D eigenvalue weighted by molar-refractivity contribution is 14.1. The lowest BCUT2D eigenvalue weighted by Crippen LogP contribution is -2.27. The Bertz CT molecular complexity index is 428. The van der Waals surface area contributed by atoms with E-state index in [2.05, 4.69) is 9.98 Å². The summed E-state index contributed by atoms with van der Waals surface area (Å²) in [5.74, 6) is 0.251. The molecule has 0 aliphatic rings. The van der Waals surface area contributed by atoms with Crippen LogP contribution in [0.1, 0.15) is 0 Å². The molecule has 0 aliphatic carbocycles. The number of aliphatic imine (C=N–C) groups is 1. The second-order valence-corrected chi connectivity index (χ2v) is 3.75. The van der Waals surface area contributed by atoms with Gasteiger partial charge in [0, 0.05) is 20.2 Å². The SMILES string of the molecule is CN(C)/C=N/c1cc(=O)n(I)c(=O)[nH]1. The van der Waals surface area contributed by atoms with Crippen molar-refractivity contribution in [3.63, 3.8) is 0 Å². The summed E-state index contributed by atoms with van der Waals surface area (Å²) in [7, 11) is 3.59. The van der Waals surface area contributed by atoms with Crippen molar-refractivity contribution in [1.82, 2.24) is 12.7 Å². The smallest absolute Gasteiger partial charge is 0.339 e. The average molecular weight is 308 g/mol. The van der Waals surface area contributed by atoms with Crippen molar-refractivity contribution in [2.75, 3.05) is 14.1 Å². The first-order chi connectivity index (χ1) is 6.50. The maximum Gasteiger partial charge on any atom is 0.339 e. The van der Waals surface area contributed by atoms with Crippen LogP contribution < -0.4 is 11.2 Å². The van der Waals surface area contributed by atoms with E-state index in [9.17, 15) is 9.59 Å². The van der Waals surface area contributed by atoms with E-state index in [-0.39, 0.29) is 11.4 Å². The summed E-state index contributed by atoms with van der Waals surface area (Å²) in [6.45, 7) is 0. The van der Waals surface area contributed by atoms with Crippen LogP contribution >= 0.6 is 22.9 Å². The largest absolute Gasteiger partial charge is 0.369 e. The molecule has 76 valence electrons. The van der Waals surface area contributed by atoms with E-state index in [4.69, 9.17) is 0 Å². The van der Waals surface area contributed by atoms with E-state index in [1.54, 1.807) is 41.9 Å². The molecule has 7 heteroatoms. The zero-order valence-corrected chi connectivity index (χ0v) is 9.85. The molecule has 0 saturated carbocycles. The summed E-state index contributed by atoms with van der Waals surface area (Å²) >= 11 is 1.63. The van der Waals surface area contributed by atoms with Crippen molar-refractivity contribution in [2.24, 2.45) is 4.99 Å². The number of hydrogen-bond donors (Lipinski definition) is 1. The maximum absolute atomic E-state index is 11.2. The first-order valence-corrected chi connectivity index (χ1v) is 4.70. The first kappa shape index (κ1) is 11.0. The number of hydrogen-bond acceptors (Lipinski definition) is 3. The van der Waals surface area contributed by atoms with Gasteiger partial charge in [0.1, 0.15) is 5.82 Å². The second kappa shape index (κ2) is 4.40. The summed E-state index contributed by atoms with van der Waals surface area (Å²) in [5, 5.41) is 0. The lowest BCUT2D eigenvalue weighted by atomic mass is 10.6. The maximum atomic E-state index is 11.2. The molecule has 0 bridgehead atoms. The number of aromatic nitrogens is 2. The van der Waals surface area contributed by atoms with Crippen LogP contribution in [0.4, 0.5) is 5.82 Å². The molecule has 0 aliphatic heterocycles. The van der Waals surface area contributed by atoms with E-state index in [0.717, 1.165) is 2.78 Å². The Hall–Kier alpha value is -1.12. The fourth-order valence-electron chi connectivity index (χ4n) is 0.716. The summed E-state index contributed by atoms with van der Waals surface area (Å²) in [6, 6.07) is 1.26. The van der Waals surface area contributed by atoms with Crippen molar-refractivity contribution in [3.8, 4) is 0 Å². The van der Waals surface area contributed by atoms with Crippen LogP contribution in [0.5, 0.6) is 0 Å². The van der Waals surface area contributed by atoms with Crippen molar-refractivity contribution in [2.45, 2.75) is 0 Å². The zero-order valence-electron chi connectivity index (χ0n) is 7.69. The van der Waals surface area contributed by atoms with Crippen molar-refractivity contribution < 1.29 is 0 Å². The molecule has 1 N–H and O–H groups in total. The van der Waals surface area contributed by atoms with Gasteiger partial charge in [-0.1, -0.05) is 0 Å². The molecule has 0 fully saturated rings. The Morgan fingerprint density at radius 2 is 2.21 bits per heavy atom. The third kappa shape index (κ3) is 2.69. The first-order valence-electron chi connectivity index (χ1n) is 3.74. The number of nitrogens with one attached hydrogen (secondary N) is 1. The molecule has 0 amide bonds. The summed E-state index contributed by atoms with van der Waals surface area (Å²) in [5.41, 5.74) is -0.871. The minimum absolute atomic E-state index is 0.251. The minimum Gasteiger partial charge on any atom is -0.369 e. The van der Waals surface area contributed by atoms with Crippen molar-refractivity contribution in [1.29, 1.82) is 0 Å². The van der Waals surface area contributed by atoms with Crippen LogP contribution in [0, 0.1) is 0 Å². The fourth-order valence-corrected chi connectivity index (χ4v) is 0.976. The number of nitrogens with zero attached hydrogens (tertiary/aromatic N) is 3. The van der Waals surface area contributed by atoms with Gasteiger partial charge in [0.15, 0.2) is 0 Å². The van der Waals surface area contributed by atoms with Gasteiger partial charge in [-0.2, -0.15) is 2.78 Å². The van der Waals surface area contributed by atoms with Crippen LogP contribution in [-0.4, -0.2) is 33.1 Å². The monoisotopic (exact) mass is 308 g/mol. The topological polar surface area (TPSA) is 70.5 Å². The number of halogens is 1. The normalized spacial score (nSPS) is 10.8. The van der Waals surface area contributed by atoms with Gasteiger partial charge < -0.3 is 4.90 Å². The Morgan fingerprint density at radius 3 is 2.71 bits per heavy atom. The highest BCUT2D eigenvalue weighted by Crippen LogP contribution is 1.98. The molecule has 1 aromatic heterocycles. The summed E-state index contributed by atoms with van der Waals surface area (Å²) in [6.07, 6.45) is 1.50. The fraction of sp³-hybridized carbons (Fsp3) is 0.286. The lowest BCUT2D eigenvalue weighted by Gasteiger charge is -2.01. The zero-order chi connectivity index (χ0) is 10.7. The van der Waals surface area contributed by atoms with Gasteiger partial charge in [0.05, 0.1) is 29.2 Å². The predicted octanol–water partition coefficient (Wildman–Crippen LogP) is -0.0439. The Labute approximate surface area is 93.8 Å². The predicted molar refractivity (Wildman–Crippen MR) is 62.6 cm³/mol. The molecule has 0 spiro atoms. The van der Waals surface area contributed by atoms with Gasteiger partial charge in [0.25, 0.3) is 5.56 Å². The molecular weight excluding hydrogens is 299 g/mol. The van der Waals surface area contributed by atoms with Crippen molar-refractivity contribution >= 4 is 35.0 Å². The Morgan fingerprint density at radius 1 is 1.57 bits per heavy atom. The van der Waals surface area contributed by atoms with E-state index in [1.165, 1.54) is 12.4 Å². The molecule has 0 radical (unpaired) electrons. The Balaban J connectivity index is 3.14. The highest BCUT2D eigenvalue weighted by Gasteiger charge is 1.99. The minimum atomic E-state index is -0.482. The summed E-state index contributed by atoms with van der Waals surface area (Å²) in [4.78, 5) is 30.3. The van der Waals surface area contributed by atoms with E-state index in [1.807, 2.05) is 0 Å². The van der Waals surface area contributed by atoms with Crippen LogP contribution in [0.2, 0.25) is 0 Å². The van der Waals surface area contributed by atoms with Gasteiger partial charge in [-0.15, -0.1) is 0 Å². The highest BCUT2D eigenvalue weighted by atomic mass is 127. The van der Waals surface area contributed by atoms with Gasteiger partial charge in [-0.25, -0.2) is 9.79 Å². The molecule has 0 unspecified atom stereocenters. The quantitative estimate of drug-likeness (QED) is 0.473. The molecule has 1 heterocycles. The average Bonchev–Trinajstić information content (AvgIpc) is 2.10. The van der Waals surface area contributed by atoms with Gasteiger partial charge >= 0.3 is 5.69 Å². The standard InChI is InChI=1S/C7H9IN4O2/c1-11(2)4-9-5-3-6(13)12(8)7(14)10-5/h3-4H,1-2H3,(H,10,14)/b9-4+. The molecule has 0 atom stereocenters. The van der Waals surface area contributed by atoms with Crippen LogP contribution in [-0.2, 0) is 0 Å². The molecule has 14 heavy (non-hydrogen) atoms. The van der Waals surface area contributed by atoms with Crippen LogP contribution in [0.3, 0.4) is 0 Å². The van der Waals surface area contributed by atoms with Gasteiger partial charge in [-0.3, -0.25) is 9.78 Å². The van der Waals surface area contributed by atoms with E-state index < -0.39 is 5.69 Å². The molecule has 1 aromatic rings. The third-order valence-corrected chi connectivity index (χ3v) is 2.21.